The highest BCUT2D eigenvalue weighted by molar-refractivity contribution is 5.37. The second-order valence-corrected chi connectivity index (χ2v) is 4.82. The maximum absolute atomic E-state index is 10.3. The van der Waals surface area contributed by atoms with Crippen molar-refractivity contribution in [2.24, 2.45) is 0 Å². The van der Waals surface area contributed by atoms with Gasteiger partial charge in [-0.15, -0.1) is 0 Å². The Hall–Kier alpha value is -2.52. The van der Waals surface area contributed by atoms with Crippen molar-refractivity contribution >= 4 is 0 Å². The van der Waals surface area contributed by atoms with Crippen LogP contribution in [0.5, 0.6) is 11.5 Å². The predicted octanol–water partition coefficient (Wildman–Crippen LogP) is 4.46. The Labute approximate surface area is 123 Å². The fraction of sp³-hybridized carbons (Fsp3) is 0.111. The fourth-order valence-electron chi connectivity index (χ4n) is 2.20. The van der Waals surface area contributed by atoms with Crippen molar-refractivity contribution in [3.05, 3.63) is 83.8 Å². The number of hydrogen-bond acceptors (Lipinski definition) is 3. The molecule has 0 aliphatic carbocycles. The van der Waals surface area contributed by atoms with E-state index in [-0.39, 0.29) is 0 Å². The maximum Gasteiger partial charge on any atom is 0.127 e. The van der Waals surface area contributed by atoms with Gasteiger partial charge in [0.25, 0.3) is 0 Å². The highest BCUT2D eigenvalue weighted by atomic mass is 16.5. The number of furan rings is 1. The molecule has 3 rings (SSSR count). The molecule has 106 valence electrons. The summed E-state index contributed by atoms with van der Waals surface area (Å²) >= 11 is 0. The molecule has 3 heteroatoms. The monoisotopic (exact) mass is 280 g/mol. The largest absolute Gasteiger partial charge is 0.469 e. The van der Waals surface area contributed by atoms with Crippen LogP contribution in [0.15, 0.2) is 71.3 Å². The van der Waals surface area contributed by atoms with Gasteiger partial charge in [-0.1, -0.05) is 30.3 Å². The lowest BCUT2D eigenvalue weighted by molar-refractivity contribution is 0.218. The summed E-state index contributed by atoms with van der Waals surface area (Å²) in [4.78, 5) is 0. The van der Waals surface area contributed by atoms with Gasteiger partial charge in [-0.2, -0.15) is 0 Å². The molecular weight excluding hydrogens is 264 g/mol. The first-order chi connectivity index (χ1) is 10.2. The Morgan fingerprint density at radius 3 is 2.19 bits per heavy atom. The van der Waals surface area contributed by atoms with Gasteiger partial charge in [0, 0.05) is 5.56 Å². The fourth-order valence-corrected chi connectivity index (χ4v) is 2.20. The van der Waals surface area contributed by atoms with E-state index in [0.717, 1.165) is 28.4 Å². The second-order valence-electron chi connectivity index (χ2n) is 4.82. The number of para-hydroxylation sites is 1. The molecule has 1 atom stereocenters. The van der Waals surface area contributed by atoms with Crippen LogP contribution in [0.1, 0.15) is 23.0 Å². The van der Waals surface area contributed by atoms with Gasteiger partial charge in [-0.3, -0.25) is 0 Å². The van der Waals surface area contributed by atoms with Crippen LogP contribution in [-0.2, 0) is 0 Å². The number of rotatable bonds is 4. The summed E-state index contributed by atoms with van der Waals surface area (Å²) < 4.78 is 11.0. The van der Waals surface area contributed by atoms with Gasteiger partial charge in [-0.05, 0) is 42.8 Å². The molecule has 3 aromatic rings. The average Bonchev–Trinajstić information content (AvgIpc) is 2.94. The van der Waals surface area contributed by atoms with E-state index >= 15 is 0 Å². The van der Waals surface area contributed by atoms with Gasteiger partial charge in [0.1, 0.15) is 23.4 Å². The molecule has 0 bridgehead atoms. The van der Waals surface area contributed by atoms with Gasteiger partial charge in [0.2, 0.25) is 0 Å². The van der Waals surface area contributed by atoms with E-state index in [4.69, 9.17) is 9.15 Å². The number of aliphatic hydroxyl groups is 1. The van der Waals surface area contributed by atoms with Gasteiger partial charge in [-0.25, -0.2) is 0 Å². The Kier molecular flexibility index (Phi) is 3.75. The summed E-state index contributed by atoms with van der Waals surface area (Å²) in [6.07, 6.45) is 0.898. The molecule has 0 aliphatic heterocycles. The molecule has 0 saturated heterocycles. The van der Waals surface area contributed by atoms with Crippen LogP contribution >= 0.6 is 0 Å². The molecule has 1 aromatic heterocycles. The summed E-state index contributed by atoms with van der Waals surface area (Å²) in [6, 6.07) is 18.8. The zero-order valence-electron chi connectivity index (χ0n) is 11.7. The van der Waals surface area contributed by atoms with Gasteiger partial charge < -0.3 is 14.3 Å². The molecule has 0 aliphatic rings. The van der Waals surface area contributed by atoms with E-state index in [1.165, 1.54) is 0 Å². The third kappa shape index (κ3) is 2.98. The molecule has 0 saturated carbocycles. The number of aliphatic hydroxyl groups excluding tert-OH is 1. The topological polar surface area (TPSA) is 42.6 Å². The Bertz CT molecular complexity index is 699. The first-order valence-electron chi connectivity index (χ1n) is 6.79. The molecule has 2 aromatic carbocycles. The Balaban J connectivity index is 1.77. The third-order valence-electron chi connectivity index (χ3n) is 3.37. The van der Waals surface area contributed by atoms with Gasteiger partial charge >= 0.3 is 0 Å². The lowest BCUT2D eigenvalue weighted by atomic mass is 10.0. The molecule has 21 heavy (non-hydrogen) atoms. The van der Waals surface area contributed by atoms with Crippen LogP contribution in [0.3, 0.4) is 0 Å². The van der Waals surface area contributed by atoms with Gasteiger partial charge in [0.05, 0.1) is 6.26 Å². The van der Waals surface area contributed by atoms with Crippen molar-refractivity contribution in [3.63, 3.8) is 0 Å². The van der Waals surface area contributed by atoms with Crippen LogP contribution in [0.4, 0.5) is 0 Å². The minimum atomic E-state index is -0.686. The smallest absolute Gasteiger partial charge is 0.127 e. The number of aryl methyl sites for hydroxylation is 1. The van der Waals surface area contributed by atoms with Crippen molar-refractivity contribution in [2.45, 2.75) is 13.0 Å². The maximum atomic E-state index is 10.3. The number of hydrogen-bond donors (Lipinski definition) is 1. The van der Waals surface area contributed by atoms with Crippen molar-refractivity contribution < 1.29 is 14.3 Å². The summed E-state index contributed by atoms with van der Waals surface area (Å²) in [7, 11) is 0. The summed E-state index contributed by atoms with van der Waals surface area (Å²) in [6.45, 7) is 1.84. The third-order valence-corrected chi connectivity index (χ3v) is 3.37. The highest BCUT2D eigenvalue weighted by Crippen LogP contribution is 2.28. The highest BCUT2D eigenvalue weighted by Gasteiger charge is 2.14. The lowest BCUT2D eigenvalue weighted by Gasteiger charge is -2.11. The number of benzene rings is 2. The van der Waals surface area contributed by atoms with Crippen molar-refractivity contribution in [1.29, 1.82) is 0 Å². The molecule has 3 nitrogen and oxygen atoms in total. The standard InChI is InChI=1S/C18H16O3/c1-13-17(11-12-20-13)18(19)14-7-9-16(10-8-14)21-15-5-3-2-4-6-15/h2-12,18-19H,1H3. The summed E-state index contributed by atoms with van der Waals surface area (Å²) in [5.74, 6) is 2.25. The summed E-state index contributed by atoms with van der Waals surface area (Å²) in [5.41, 5.74) is 1.59. The quantitative estimate of drug-likeness (QED) is 0.767. The zero-order chi connectivity index (χ0) is 14.7. The van der Waals surface area contributed by atoms with E-state index in [9.17, 15) is 5.11 Å². The van der Waals surface area contributed by atoms with Crippen LogP contribution in [-0.4, -0.2) is 5.11 Å². The molecule has 0 spiro atoms. The Morgan fingerprint density at radius 1 is 0.905 bits per heavy atom. The van der Waals surface area contributed by atoms with Crippen molar-refractivity contribution in [1.82, 2.24) is 0 Å². The van der Waals surface area contributed by atoms with E-state index < -0.39 is 6.10 Å². The van der Waals surface area contributed by atoms with E-state index in [0.29, 0.717) is 0 Å². The molecule has 0 radical (unpaired) electrons. The van der Waals surface area contributed by atoms with Gasteiger partial charge in [0.15, 0.2) is 0 Å². The zero-order valence-corrected chi connectivity index (χ0v) is 11.7. The van der Waals surface area contributed by atoms with E-state index in [1.54, 1.807) is 12.3 Å². The first kappa shape index (κ1) is 13.5. The van der Waals surface area contributed by atoms with Crippen LogP contribution in [0, 0.1) is 6.92 Å². The van der Waals surface area contributed by atoms with Crippen LogP contribution in [0.2, 0.25) is 0 Å². The Morgan fingerprint density at radius 2 is 1.57 bits per heavy atom. The number of ether oxygens (including phenoxy) is 1. The molecule has 1 heterocycles. The molecule has 0 fully saturated rings. The van der Waals surface area contributed by atoms with Crippen molar-refractivity contribution in [2.75, 3.05) is 0 Å². The minimum absolute atomic E-state index is 0.686. The lowest BCUT2D eigenvalue weighted by Crippen LogP contribution is -1.99. The first-order valence-corrected chi connectivity index (χ1v) is 6.79. The van der Waals surface area contributed by atoms with Crippen LogP contribution in [0.25, 0.3) is 0 Å². The van der Waals surface area contributed by atoms with E-state index in [2.05, 4.69) is 0 Å². The SMILES string of the molecule is Cc1occc1C(O)c1ccc(Oc2ccccc2)cc1. The second kappa shape index (κ2) is 5.85. The predicted molar refractivity (Wildman–Crippen MR) is 80.5 cm³/mol. The van der Waals surface area contributed by atoms with Crippen molar-refractivity contribution in [3.8, 4) is 11.5 Å². The molecule has 1 N–H and O–H groups in total. The molecule has 1 unspecified atom stereocenters. The normalized spacial score (nSPS) is 12.1. The van der Waals surface area contributed by atoms with Crippen LogP contribution < -0.4 is 4.74 Å². The average molecular weight is 280 g/mol. The minimum Gasteiger partial charge on any atom is -0.469 e. The summed E-state index contributed by atoms with van der Waals surface area (Å²) in [5, 5.41) is 10.3. The molecule has 0 amide bonds. The van der Waals surface area contributed by atoms with E-state index in [1.807, 2.05) is 61.5 Å². The molecular formula is C18H16O3.